The van der Waals surface area contributed by atoms with E-state index in [0.717, 1.165) is 51.4 Å². The molecule has 2 aliphatic carbocycles. The van der Waals surface area contributed by atoms with Crippen LogP contribution in [0.2, 0.25) is 0 Å². The summed E-state index contributed by atoms with van der Waals surface area (Å²) in [6, 6.07) is 6.52. The fourth-order valence-corrected chi connectivity index (χ4v) is 6.90. The molecule has 3 rings (SSSR count). The average molecular weight is 324 g/mol. The van der Waals surface area contributed by atoms with Gasteiger partial charge in [-0.2, -0.15) is 0 Å². The normalized spacial score (nSPS) is 24.0. The SMILES string of the molecule is O=P(OC1CCCCC1)(c1ccccc1F)C1CCCCC1. The zero-order valence-electron chi connectivity index (χ0n) is 13.2. The third-order valence-corrected chi connectivity index (χ3v) is 8.22. The summed E-state index contributed by atoms with van der Waals surface area (Å²) in [5.74, 6) is -0.368. The third-order valence-electron chi connectivity index (χ3n) is 5.10. The standard InChI is InChI=1S/C18H26FO2P/c19-17-13-7-8-14-18(17)22(20,16-11-5-2-6-12-16)21-15-9-3-1-4-10-15/h7-8,13-16H,1-6,9-12H2. The highest BCUT2D eigenvalue weighted by Gasteiger charge is 2.40. The molecular weight excluding hydrogens is 298 g/mol. The summed E-state index contributed by atoms with van der Waals surface area (Å²) in [6.45, 7) is 0. The highest BCUT2D eigenvalue weighted by molar-refractivity contribution is 7.67. The Morgan fingerprint density at radius 1 is 0.909 bits per heavy atom. The van der Waals surface area contributed by atoms with Gasteiger partial charge in [-0.3, -0.25) is 4.57 Å². The van der Waals surface area contributed by atoms with Crippen molar-refractivity contribution in [3.8, 4) is 0 Å². The maximum Gasteiger partial charge on any atom is 0.238 e. The zero-order chi connectivity index (χ0) is 15.4. The van der Waals surface area contributed by atoms with E-state index in [1.165, 1.54) is 18.9 Å². The predicted octanol–water partition coefficient (Wildman–Crippen LogP) is 5.41. The molecule has 0 spiro atoms. The monoisotopic (exact) mass is 324 g/mol. The molecule has 0 aliphatic heterocycles. The molecule has 22 heavy (non-hydrogen) atoms. The van der Waals surface area contributed by atoms with Crippen LogP contribution in [0, 0.1) is 5.82 Å². The summed E-state index contributed by atoms with van der Waals surface area (Å²) in [5, 5.41) is 0.326. The molecular formula is C18H26FO2P. The van der Waals surface area contributed by atoms with Crippen LogP contribution >= 0.6 is 7.37 Å². The lowest BCUT2D eigenvalue weighted by molar-refractivity contribution is 0.156. The molecule has 0 saturated heterocycles. The van der Waals surface area contributed by atoms with Gasteiger partial charge >= 0.3 is 0 Å². The smallest absolute Gasteiger partial charge is 0.238 e. The molecule has 122 valence electrons. The predicted molar refractivity (Wildman–Crippen MR) is 88.5 cm³/mol. The summed E-state index contributed by atoms with van der Waals surface area (Å²) in [4.78, 5) is 0. The molecule has 0 bridgehead atoms. The highest BCUT2D eigenvalue weighted by atomic mass is 31.2. The van der Waals surface area contributed by atoms with Crippen molar-refractivity contribution in [2.24, 2.45) is 0 Å². The van der Waals surface area contributed by atoms with Crippen LogP contribution in [-0.4, -0.2) is 11.8 Å². The van der Waals surface area contributed by atoms with Crippen LogP contribution in [0.1, 0.15) is 64.2 Å². The molecule has 1 atom stereocenters. The molecule has 0 amide bonds. The van der Waals surface area contributed by atoms with E-state index in [4.69, 9.17) is 4.52 Å². The van der Waals surface area contributed by atoms with Gasteiger partial charge in [-0.15, -0.1) is 0 Å². The molecule has 1 aromatic carbocycles. The molecule has 2 fully saturated rings. The summed E-state index contributed by atoms with van der Waals surface area (Å²) < 4.78 is 34.3. The first kappa shape index (κ1) is 16.2. The molecule has 2 saturated carbocycles. The van der Waals surface area contributed by atoms with Crippen LogP contribution in [0.4, 0.5) is 4.39 Å². The first-order valence-corrected chi connectivity index (χ1v) is 10.4. The van der Waals surface area contributed by atoms with Crippen molar-refractivity contribution in [3.05, 3.63) is 30.1 Å². The van der Waals surface area contributed by atoms with Crippen molar-refractivity contribution in [2.75, 3.05) is 0 Å². The number of hydrogen-bond acceptors (Lipinski definition) is 2. The van der Waals surface area contributed by atoms with Gasteiger partial charge in [0.25, 0.3) is 0 Å². The maximum atomic E-state index is 14.3. The zero-order valence-corrected chi connectivity index (χ0v) is 14.1. The quantitative estimate of drug-likeness (QED) is 0.692. The van der Waals surface area contributed by atoms with Crippen LogP contribution in [0.3, 0.4) is 0 Å². The van der Waals surface area contributed by atoms with Gasteiger partial charge in [-0.25, -0.2) is 4.39 Å². The molecule has 4 heteroatoms. The van der Waals surface area contributed by atoms with Gasteiger partial charge in [-0.1, -0.05) is 50.7 Å². The molecule has 2 aliphatic rings. The fourth-order valence-electron chi connectivity index (χ4n) is 3.86. The fraction of sp³-hybridized carbons (Fsp3) is 0.667. The van der Waals surface area contributed by atoms with Crippen molar-refractivity contribution in [3.63, 3.8) is 0 Å². The Bertz CT molecular complexity index is 534. The lowest BCUT2D eigenvalue weighted by Gasteiger charge is -2.34. The van der Waals surface area contributed by atoms with Crippen LogP contribution in [-0.2, 0) is 9.09 Å². The Labute approximate surface area is 132 Å². The largest absolute Gasteiger partial charge is 0.322 e. The van der Waals surface area contributed by atoms with E-state index >= 15 is 0 Å². The highest BCUT2D eigenvalue weighted by Crippen LogP contribution is 2.57. The van der Waals surface area contributed by atoms with Crippen LogP contribution in [0.15, 0.2) is 24.3 Å². The van der Waals surface area contributed by atoms with Gasteiger partial charge in [0.15, 0.2) is 0 Å². The molecule has 1 unspecified atom stereocenters. The number of hydrogen-bond donors (Lipinski definition) is 0. The lowest BCUT2D eigenvalue weighted by atomic mass is 9.98. The average Bonchev–Trinajstić information content (AvgIpc) is 2.57. The summed E-state index contributed by atoms with van der Waals surface area (Å²) in [7, 11) is -3.13. The Hall–Kier alpha value is -0.660. The van der Waals surface area contributed by atoms with Crippen molar-refractivity contribution >= 4 is 12.7 Å². The van der Waals surface area contributed by atoms with Gasteiger partial charge in [0.1, 0.15) is 5.82 Å². The second kappa shape index (κ2) is 7.27. The van der Waals surface area contributed by atoms with E-state index < -0.39 is 7.37 Å². The lowest BCUT2D eigenvalue weighted by Crippen LogP contribution is -2.28. The van der Waals surface area contributed by atoms with Crippen molar-refractivity contribution in [2.45, 2.75) is 76.0 Å². The maximum absolute atomic E-state index is 14.3. The number of halogens is 1. The summed E-state index contributed by atoms with van der Waals surface area (Å²) in [6.07, 6.45) is 10.6. The van der Waals surface area contributed by atoms with E-state index in [1.807, 2.05) is 0 Å². The van der Waals surface area contributed by atoms with Crippen molar-refractivity contribution < 1.29 is 13.5 Å². The van der Waals surface area contributed by atoms with Crippen LogP contribution < -0.4 is 5.30 Å². The van der Waals surface area contributed by atoms with Gasteiger partial charge < -0.3 is 4.52 Å². The molecule has 0 aromatic heterocycles. The van der Waals surface area contributed by atoms with E-state index in [2.05, 4.69) is 0 Å². The van der Waals surface area contributed by atoms with Gasteiger partial charge in [0, 0.05) is 5.66 Å². The van der Waals surface area contributed by atoms with Crippen molar-refractivity contribution in [1.29, 1.82) is 0 Å². The molecule has 1 aromatic rings. The first-order chi connectivity index (χ1) is 10.7. The minimum absolute atomic E-state index is 0.0000709. The Balaban J connectivity index is 1.90. The van der Waals surface area contributed by atoms with Crippen molar-refractivity contribution in [1.82, 2.24) is 0 Å². The van der Waals surface area contributed by atoms with Crippen LogP contribution in [0.25, 0.3) is 0 Å². The third kappa shape index (κ3) is 3.46. The first-order valence-electron chi connectivity index (χ1n) is 8.73. The summed E-state index contributed by atoms with van der Waals surface area (Å²) >= 11 is 0. The van der Waals surface area contributed by atoms with Crippen LogP contribution in [0.5, 0.6) is 0 Å². The van der Waals surface area contributed by atoms with Gasteiger partial charge in [0.05, 0.1) is 11.4 Å². The minimum atomic E-state index is -3.13. The number of benzene rings is 1. The Morgan fingerprint density at radius 3 is 2.14 bits per heavy atom. The van der Waals surface area contributed by atoms with E-state index in [9.17, 15) is 8.96 Å². The Morgan fingerprint density at radius 2 is 1.50 bits per heavy atom. The molecule has 0 radical (unpaired) electrons. The Kier molecular flexibility index (Phi) is 5.36. The summed E-state index contributed by atoms with van der Waals surface area (Å²) in [5.41, 5.74) is 0.0000709. The van der Waals surface area contributed by atoms with Gasteiger partial charge in [0.2, 0.25) is 7.37 Å². The van der Waals surface area contributed by atoms with E-state index in [1.54, 1.807) is 18.2 Å². The molecule has 0 heterocycles. The number of rotatable bonds is 4. The second-order valence-corrected chi connectivity index (χ2v) is 9.32. The van der Waals surface area contributed by atoms with E-state index in [0.29, 0.717) is 5.30 Å². The molecule has 2 nitrogen and oxygen atoms in total. The second-order valence-electron chi connectivity index (χ2n) is 6.71. The molecule has 0 N–H and O–H groups in total. The topological polar surface area (TPSA) is 26.3 Å². The van der Waals surface area contributed by atoms with Gasteiger partial charge in [-0.05, 0) is 37.8 Å². The van der Waals surface area contributed by atoms with E-state index in [-0.39, 0.29) is 17.6 Å². The minimum Gasteiger partial charge on any atom is -0.322 e.